The van der Waals surface area contributed by atoms with Gasteiger partial charge in [0, 0.05) is 5.56 Å². The monoisotopic (exact) mass is 334 g/mol. The molecule has 2 rings (SSSR count). The van der Waals surface area contributed by atoms with E-state index < -0.39 is 11.9 Å². The number of urea groups is 1. The van der Waals surface area contributed by atoms with Crippen molar-refractivity contribution in [2.75, 3.05) is 19.5 Å². The van der Waals surface area contributed by atoms with Crippen LogP contribution in [0.25, 0.3) is 0 Å². The van der Waals surface area contributed by atoms with Crippen LogP contribution >= 0.6 is 12.8 Å². The molecule has 1 heterocycles. The number of hydrogen-bond donors (Lipinski definition) is 2. The summed E-state index contributed by atoms with van der Waals surface area (Å²) in [5.74, 6) is -0.389. The lowest BCUT2D eigenvalue weighted by atomic mass is 10.2. The van der Waals surface area contributed by atoms with Crippen molar-refractivity contribution in [3.05, 3.63) is 42.2 Å². The van der Waals surface area contributed by atoms with Crippen molar-refractivity contribution in [3.8, 4) is 11.8 Å². The molecule has 120 valence electrons. The molecule has 0 spiro atoms. The van der Waals surface area contributed by atoms with Gasteiger partial charge < -0.3 is 9.47 Å². The number of benzene rings is 1. The lowest BCUT2D eigenvalue weighted by molar-refractivity contribution is 0.0901. The van der Waals surface area contributed by atoms with Gasteiger partial charge >= 0.3 is 6.03 Å². The van der Waals surface area contributed by atoms with Gasteiger partial charge in [-0.15, -0.1) is 0 Å². The smallest absolute Gasteiger partial charge is 0.339 e. The van der Waals surface area contributed by atoms with Crippen molar-refractivity contribution in [1.82, 2.24) is 14.3 Å². The van der Waals surface area contributed by atoms with E-state index in [1.165, 1.54) is 20.5 Å². The zero-order valence-electron chi connectivity index (χ0n) is 12.4. The molecule has 0 fully saturated rings. The highest BCUT2D eigenvalue weighted by Crippen LogP contribution is 2.30. The maximum Gasteiger partial charge on any atom is 0.339 e. The number of rotatable bonds is 4. The zero-order valence-corrected chi connectivity index (χ0v) is 13.3. The first kappa shape index (κ1) is 16.6. The fraction of sp³-hybridized carbons (Fsp3) is 0.143. The van der Waals surface area contributed by atoms with E-state index in [0.29, 0.717) is 9.87 Å². The number of nitrogens with zero attached hydrogens (tertiary/aromatic N) is 3. The quantitative estimate of drug-likeness (QED) is 0.831. The molecule has 0 aliphatic rings. The summed E-state index contributed by atoms with van der Waals surface area (Å²) < 4.78 is 10.7. The fourth-order valence-electron chi connectivity index (χ4n) is 1.73. The normalized spacial score (nSPS) is 9.87. The van der Waals surface area contributed by atoms with Gasteiger partial charge in [0.25, 0.3) is 5.91 Å². The first-order chi connectivity index (χ1) is 11.1. The van der Waals surface area contributed by atoms with Crippen LogP contribution in [0, 0.1) is 0 Å². The van der Waals surface area contributed by atoms with Gasteiger partial charge in [-0.2, -0.15) is 9.97 Å². The predicted octanol–water partition coefficient (Wildman–Crippen LogP) is 2.01. The Balaban J connectivity index is 2.21. The minimum Gasteiger partial charge on any atom is -0.479 e. The summed E-state index contributed by atoms with van der Waals surface area (Å²) >= 11 is 3.94. The highest BCUT2D eigenvalue weighted by atomic mass is 32.1. The molecular formula is C14H14N4O4S. The molecule has 0 atom stereocenters. The molecule has 1 aromatic carbocycles. The average molecular weight is 334 g/mol. The molecular weight excluding hydrogens is 320 g/mol. The fourth-order valence-corrected chi connectivity index (χ4v) is 1.89. The van der Waals surface area contributed by atoms with E-state index >= 15 is 0 Å². The van der Waals surface area contributed by atoms with Gasteiger partial charge in [-0.3, -0.25) is 10.1 Å². The zero-order chi connectivity index (χ0) is 16.8. The SMILES string of the molecule is COc1ncnc(OC)c1NC(=O)N(S)C(=O)c1ccccc1. The number of ether oxygens (including phenoxy) is 2. The third-order valence-electron chi connectivity index (χ3n) is 2.80. The third kappa shape index (κ3) is 3.69. The predicted molar refractivity (Wildman–Crippen MR) is 85.8 cm³/mol. The van der Waals surface area contributed by atoms with Crippen LogP contribution in [-0.2, 0) is 0 Å². The molecule has 1 aromatic heterocycles. The lowest BCUT2D eigenvalue weighted by Gasteiger charge is -2.16. The summed E-state index contributed by atoms with van der Waals surface area (Å²) in [7, 11) is 2.76. The summed E-state index contributed by atoms with van der Waals surface area (Å²) in [6.07, 6.45) is 1.22. The summed E-state index contributed by atoms with van der Waals surface area (Å²) in [6.45, 7) is 0. The van der Waals surface area contributed by atoms with Crippen molar-refractivity contribution in [1.29, 1.82) is 0 Å². The molecule has 0 bridgehead atoms. The Kier molecular flexibility index (Phi) is 5.36. The molecule has 9 heteroatoms. The van der Waals surface area contributed by atoms with Gasteiger partial charge in [0.2, 0.25) is 11.8 Å². The second kappa shape index (κ2) is 7.45. The van der Waals surface area contributed by atoms with Gasteiger partial charge in [-0.25, -0.2) is 9.10 Å². The van der Waals surface area contributed by atoms with Gasteiger partial charge in [0.1, 0.15) is 6.33 Å². The average Bonchev–Trinajstić information content (AvgIpc) is 2.61. The van der Waals surface area contributed by atoms with Crippen LogP contribution in [0.15, 0.2) is 36.7 Å². The van der Waals surface area contributed by atoms with Crippen molar-refractivity contribution in [3.63, 3.8) is 0 Å². The minimum atomic E-state index is -0.798. The van der Waals surface area contributed by atoms with E-state index in [4.69, 9.17) is 9.47 Å². The Labute approximate surface area is 138 Å². The molecule has 23 heavy (non-hydrogen) atoms. The van der Waals surface area contributed by atoms with Crippen molar-refractivity contribution >= 4 is 30.4 Å². The molecule has 1 N–H and O–H groups in total. The molecule has 0 saturated heterocycles. The summed E-state index contributed by atoms with van der Waals surface area (Å²) in [4.78, 5) is 32.1. The molecule has 3 amide bonds. The Morgan fingerprint density at radius 1 is 1.09 bits per heavy atom. The second-order valence-corrected chi connectivity index (χ2v) is 4.58. The van der Waals surface area contributed by atoms with Gasteiger partial charge in [-0.1, -0.05) is 31.0 Å². The van der Waals surface area contributed by atoms with Crippen LogP contribution in [0.1, 0.15) is 10.4 Å². The van der Waals surface area contributed by atoms with E-state index in [9.17, 15) is 9.59 Å². The number of thiol groups is 1. The van der Waals surface area contributed by atoms with Gasteiger partial charge in [0.15, 0.2) is 5.69 Å². The number of carbonyl (C=O) groups is 2. The highest BCUT2D eigenvalue weighted by Gasteiger charge is 2.23. The topological polar surface area (TPSA) is 93.7 Å². The number of aromatic nitrogens is 2. The van der Waals surface area contributed by atoms with E-state index in [0.717, 1.165) is 0 Å². The molecule has 8 nitrogen and oxygen atoms in total. The maximum absolute atomic E-state index is 12.2. The van der Waals surface area contributed by atoms with E-state index in [1.54, 1.807) is 30.3 Å². The molecule has 0 aliphatic carbocycles. The molecule has 2 aromatic rings. The second-order valence-electron chi connectivity index (χ2n) is 4.18. The Morgan fingerprint density at radius 2 is 1.65 bits per heavy atom. The number of carbonyl (C=O) groups excluding carboxylic acids is 2. The maximum atomic E-state index is 12.2. The minimum absolute atomic E-state index is 0.0964. The van der Waals surface area contributed by atoms with E-state index in [2.05, 4.69) is 28.1 Å². The van der Waals surface area contributed by atoms with E-state index in [1.807, 2.05) is 0 Å². The van der Waals surface area contributed by atoms with Gasteiger partial charge in [0.05, 0.1) is 14.2 Å². The Hall–Kier alpha value is -2.81. The standard InChI is InChI=1S/C14H14N4O4S/c1-21-11-10(12(22-2)16-8-15-11)17-14(20)18(23)13(19)9-6-4-3-5-7-9/h3-8,23H,1-2H3,(H,17,20). The van der Waals surface area contributed by atoms with Crippen LogP contribution in [-0.4, -0.2) is 40.4 Å². The highest BCUT2D eigenvalue weighted by molar-refractivity contribution is 7.79. The summed E-state index contributed by atoms with van der Waals surface area (Å²) in [5, 5.41) is 2.45. The first-order valence-corrected chi connectivity index (χ1v) is 6.80. The number of imide groups is 1. The molecule has 0 aliphatic heterocycles. The van der Waals surface area contributed by atoms with Crippen molar-refractivity contribution in [2.24, 2.45) is 0 Å². The first-order valence-electron chi connectivity index (χ1n) is 6.40. The van der Waals surface area contributed by atoms with Crippen molar-refractivity contribution < 1.29 is 19.1 Å². The summed E-state index contributed by atoms with van der Waals surface area (Å²) in [5.41, 5.74) is 0.420. The Bertz CT molecular complexity index is 689. The number of anilines is 1. The number of hydrogen-bond acceptors (Lipinski definition) is 7. The molecule has 0 unspecified atom stereocenters. The van der Waals surface area contributed by atoms with Crippen LogP contribution in [0.5, 0.6) is 11.8 Å². The van der Waals surface area contributed by atoms with E-state index in [-0.39, 0.29) is 17.4 Å². The lowest BCUT2D eigenvalue weighted by Crippen LogP contribution is -2.33. The molecule has 0 radical (unpaired) electrons. The van der Waals surface area contributed by atoms with Crippen LogP contribution < -0.4 is 14.8 Å². The van der Waals surface area contributed by atoms with Crippen LogP contribution in [0.4, 0.5) is 10.5 Å². The Morgan fingerprint density at radius 3 is 2.17 bits per heavy atom. The molecule has 0 saturated carbocycles. The van der Waals surface area contributed by atoms with Gasteiger partial charge in [-0.05, 0) is 12.1 Å². The summed E-state index contributed by atoms with van der Waals surface area (Å²) in [6, 6.07) is 7.48. The van der Waals surface area contributed by atoms with Crippen molar-refractivity contribution in [2.45, 2.75) is 0 Å². The number of nitrogens with one attached hydrogen (secondary N) is 1. The third-order valence-corrected chi connectivity index (χ3v) is 3.17. The van der Waals surface area contributed by atoms with Crippen LogP contribution in [0.3, 0.4) is 0 Å². The number of amides is 3. The van der Waals surface area contributed by atoms with Crippen LogP contribution in [0.2, 0.25) is 0 Å². The largest absolute Gasteiger partial charge is 0.479 e. The number of methoxy groups -OCH3 is 2.